The van der Waals surface area contributed by atoms with Gasteiger partial charge >= 0.3 is 0 Å². The lowest BCUT2D eigenvalue weighted by Crippen LogP contribution is -2.23. The van der Waals surface area contributed by atoms with E-state index in [1.165, 1.54) is 44.3 Å². The summed E-state index contributed by atoms with van der Waals surface area (Å²) in [4.78, 5) is 2.53. The van der Waals surface area contributed by atoms with Gasteiger partial charge in [-0.2, -0.15) is 0 Å². The van der Waals surface area contributed by atoms with Crippen molar-refractivity contribution in [1.29, 1.82) is 0 Å². The van der Waals surface area contributed by atoms with Crippen LogP contribution in [0.1, 0.15) is 31.2 Å². The highest BCUT2D eigenvalue weighted by Crippen LogP contribution is 2.24. The summed E-state index contributed by atoms with van der Waals surface area (Å²) in [6.07, 6.45) is 5.45. The van der Waals surface area contributed by atoms with Crippen molar-refractivity contribution in [3.63, 3.8) is 0 Å². The van der Waals surface area contributed by atoms with Crippen LogP contribution in [0.3, 0.4) is 0 Å². The molecule has 0 spiro atoms. The molecule has 0 aromatic heterocycles. The molecule has 1 aliphatic rings. The average molecular weight is 303 g/mol. The summed E-state index contributed by atoms with van der Waals surface area (Å²) in [6.45, 7) is 3.49. The molecule has 1 aromatic carbocycles. The second kappa shape index (κ2) is 6.04. The fourth-order valence-corrected chi connectivity index (χ4v) is 2.64. The van der Waals surface area contributed by atoms with Crippen molar-refractivity contribution in [3.8, 4) is 0 Å². The second-order valence-corrected chi connectivity index (χ2v) is 5.70. The maximum atomic E-state index is 6.10. The van der Waals surface area contributed by atoms with E-state index in [1.807, 2.05) is 6.07 Å². The van der Waals surface area contributed by atoms with Crippen molar-refractivity contribution in [3.05, 3.63) is 33.3 Å². The molecule has 3 heteroatoms. The van der Waals surface area contributed by atoms with Crippen LogP contribution >= 0.6 is 27.5 Å². The Balaban J connectivity index is 1.99. The Morgan fingerprint density at radius 3 is 2.44 bits per heavy atom. The largest absolute Gasteiger partial charge is 0.299 e. The predicted octanol–water partition coefficient (Wildman–Crippen LogP) is 4.48. The van der Waals surface area contributed by atoms with E-state index < -0.39 is 0 Å². The molecular weight excluding hydrogens is 286 g/mol. The van der Waals surface area contributed by atoms with E-state index >= 15 is 0 Å². The first-order chi connectivity index (χ1) is 7.75. The number of nitrogens with zero attached hydrogens (tertiary/aromatic N) is 1. The Morgan fingerprint density at radius 2 is 1.81 bits per heavy atom. The molecule has 1 fully saturated rings. The highest BCUT2D eigenvalue weighted by Gasteiger charge is 2.09. The molecule has 0 radical (unpaired) electrons. The van der Waals surface area contributed by atoms with Gasteiger partial charge < -0.3 is 0 Å². The Kier molecular flexibility index (Phi) is 4.68. The molecule has 0 amide bonds. The van der Waals surface area contributed by atoms with Gasteiger partial charge in [-0.25, -0.2) is 0 Å². The number of rotatable bonds is 2. The first-order valence-corrected chi connectivity index (χ1v) is 7.09. The molecule has 0 atom stereocenters. The molecule has 1 nitrogen and oxygen atoms in total. The first-order valence-electron chi connectivity index (χ1n) is 5.92. The Labute approximate surface area is 111 Å². The third kappa shape index (κ3) is 3.47. The zero-order valence-electron chi connectivity index (χ0n) is 9.38. The van der Waals surface area contributed by atoms with E-state index in [2.05, 4.69) is 33.0 Å². The normalized spacial score (nSPS) is 18.4. The van der Waals surface area contributed by atoms with E-state index in [1.54, 1.807) is 0 Å². The first kappa shape index (κ1) is 12.4. The molecule has 0 aliphatic carbocycles. The molecule has 88 valence electrons. The van der Waals surface area contributed by atoms with Gasteiger partial charge in [-0.1, -0.05) is 30.5 Å². The van der Waals surface area contributed by atoms with E-state index in [4.69, 9.17) is 11.6 Å². The van der Waals surface area contributed by atoms with Crippen LogP contribution in [0.2, 0.25) is 5.02 Å². The maximum absolute atomic E-state index is 6.10. The summed E-state index contributed by atoms with van der Waals surface area (Å²) < 4.78 is 0.980. The number of benzene rings is 1. The maximum Gasteiger partial charge on any atom is 0.0551 e. The van der Waals surface area contributed by atoms with Crippen molar-refractivity contribution in [1.82, 2.24) is 4.90 Å². The minimum Gasteiger partial charge on any atom is -0.299 e. The predicted molar refractivity (Wildman–Crippen MR) is 72.9 cm³/mol. The number of hydrogen-bond acceptors (Lipinski definition) is 1. The highest BCUT2D eigenvalue weighted by atomic mass is 79.9. The molecule has 1 saturated heterocycles. The van der Waals surface area contributed by atoms with E-state index in [9.17, 15) is 0 Å². The zero-order valence-corrected chi connectivity index (χ0v) is 11.7. The lowest BCUT2D eigenvalue weighted by atomic mass is 10.2. The molecule has 1 aliphatic heterocycles. The van der Waals surface area contributed by atoms with Gasteiger partial charge in [0, 0.05) is 11.0 Å². The molecule has 16 heavy (non-hydrogen) atoms. The van der Waals surface area contributed by atoms with E-state index in [0.29, 0.717) is 0 Å². The van der Waals surface area contributed by atoms with Gasteiger partial charge in [-0.3, -0.25) is 4.90 Å². The van der Waals surface area contributed by atoms with Crippen LogP contribution < -0.4 is 0 Å². The van der Waals surface area contributed by atoms with Crippen LogP contribution in [0.15, 0.2) is 22.7 Å². The standard InChI is InChI=1S/C13H17BrClN/c14-12-6-5-11(9-13(12)15)10-16-7-3-1-2-4-8-16/h5-6,9H,1-4,7-8,10H2. The van der Waals surface area contributed by atoms with Gasteiger partial charge in [0.2, 0.25) is 0 Å². The van der Waals surface area contributed by atoms with E-state index in [0.717, 1.165) is 16.0 Å². The van der Waals surface area contributed by atoms with E-state index in [-0.39, 0.29) is 0 Å². The number of hydrogen-bond donors (Lipinski definition) is 0. The zero-order chi connectivity index (χ0) is 11.4. The Hall–Kier alpha value is -0.0500. The molecule has 1 aromatic rings. The van der Waals surface area contributed by atoms with Crippen molar-refractivity contribution in [2.24, 2.45) is 0 Å². The average Bonchev–Trinajstić information content (AvgIpc) is 2.52. The molecule has 1 heterocycles. The molecule has 0 bridgehead atoms. The van der Waals surface area contributed by atoms with Crippen LogP contribution in [0.4, 0.5) is 0 Å². The SMILES string of the molecule is Clc1cc(CN2CCCCCC2)ccc1Br. The van der Waals surface area contributed by atoms with Crippen molar-refractivity contribution < 1.29 is 0 Å². The van der Waals surface area contributed by atoms with Crippen LogP contribution in [-0.4, -0.2) is 18.0 Å². The molecule has 0 unspecified atom stereocenters. The molecule has 0 saturated carbocycles. The van der Waals surface area contributed by atoms with Crippen LogP contribution in [0.25, 0.3) is 0 Å². The molecular formula is C13H17BrClN. The monoisotopic (exact) mass is 301 g/mol. The minimum absolute atomic E-state index is 0.812. The quantitative estimate of drug-likeness (QED) is 0.778. The molecule has 2 rings (SSSR count). The second-order valence-electron chi connectivity index (χ2n) is 4.44. The lowest BCUT2D eigenvalue weighted by Gasteiger charge is -2.19. The summed E-state index contributed by atoms with van der Waals surface area (Å²) >= 11 is 9.52. The summed E-state index contributed by atoms with van der Waals surface area (Å²) in [5.74, 6) is 0. The van der Waals surface area contributed by atoms with Crippen LogP contribution in [0, 0.1) is 0 Å². The van der Waals surface area contributed by atoms with Crippen molar-refractivity contribution >= 4 is 27.5 Å². The van der Waals surface area contributed by atoms with Gasteiger partial charge in [-0.15, -0.1) is 0 Å². The number of likely N-dealkylation sites (tertiary alicyclic amines) is 1. The van der Waals surface area contributed by atoms with Gasteiger partial charge in [0.05, 0.1) is 5.02 Å². The van der Waals surface area contributed by atoms with Gasteiger partial charge in [0.1, 0.15) is 0 Å². The number of halogens is 2. The molecule has 0 N–H and O–H groups in total. The Morgan fingerprint density at radius 1 is 1.12 bits per heavy atom. The fraction of sp³-hybridized carbons (Fsp3) is 0.538. The van der Waals surface area contributed by atoms with Gasteiger partial charge in [0.25, 0.3) is 0 Å². The van der Waals surface area contributed by atoms with Crippen molar-refractivity contribution in [2.75, 3.05) is 13.1 Å². The summed E-state index contributed by atoms with van der Waals surface area (Å²) in [7, 11) is 0. The summed E-state index contributed by atoms with van der Waals surface area (Å²) in [5.41, 5.74) is 1.31. The smallest absolute Gasteiger partial charge is 0.0551 e. The third-order valence-corrected chi connectivity index (χ3v) is 4.32. The Bertz CT molecular complexity index is 346. The topological polar surface area (TPSA) is 3.24 Å². The lowest BCUT2D eigenvalue weighted by molar-refractivity contribution is 0.277. The van der Waals surface area contributed by atoms with Crippen molar-refractivity contribution in [2.45, 2.75) is 32.2 Å². The van der Waals surface area contributed by atoms with Crippen LogP contribution in [-0.2, 0) is 6.54 Å². The van der Waals surface area contributed by atoms with Gasteiger partial charge in [-0.05, 0) is 59.6 Å². The van der Waals surface area contributed by atoms with Crippen LogP contribution in [0.5, 0.6) is 0 Å². The summed E-state index contributed by atoms with van der Waals surface area (Å²) in [6, 6.07) is 6.26. The third-order valence-electron chi connectivity index (χ3n) is 3.09. The fourth-order valence-electron chi connectivity index (χ4n) is 2.19. The van der Waals surface area contributed by atoms with Gasteiger partial charge in [0.15, 0.2) is 0 Å². The summed E-state index contributed by atoms with van der Waals surface area (Å²) in [5, 5.41) is 0.812. The minimum atomic E-state index is 0.812. The highest BCUT2D eigenvalue weighted by molar-refractivity contribution is 9.10.